The molecule has 2 heterocycles. The summed E-state index contributed by atoms with van der Waals surface area (Å²) < 4.78 is 28.7. The van der Waals surface area contributed by atoms with Gasteiger partial charge >= 0.3 is 0 Å². The predicted octanol–water partition coefficient (Wildman–Crippen LogP) is 2.65. The van der Waals surface area contributed by atoms with Crippen molar-refractivity contribution in [3.05, 3.63) is 47.2 Å². The monoisotopic (exact) mass is 334 g/mol. The summed E-state index contributed by atoms with van der Waals surface area (Å²) in [5.74, 6) is 0. The summed E-state index contributed by atoms with van der Waals surface area (Å²) in [6, 6.07) is 7.14. The zero-order valence-electron chi connectivity index (χ0n) is 12.0. The van der Waals surface area contributed by atoms with E-state index in [0.29, 0.717) is 5.69 Å². The van der Waals surface area contributed by atoms with E-state index in [1.54, 1.807) is 41.2 Å². The Bertz CT molecular complexity index is 912. The van der Waals surface area contributed by atoms with Crippen molar-refractivity contribution in [2.45, 2.75) is 11.9 Å². The van der Waals surface area contributed by atoms with Crippen LogP contribution in [0.3, 0.4) is 0 Å². The van der Waals surface area contributed by atoms with Crippen LogP contribution in [-0.4, -0.2) is 23.0 Å². The molecule has 0 aliphatic rings. The first kappa shape index (κ1) is 14.7. The fourth-order valence-corrected chi connectivity index (χ4v) is 3.63. The SMILES string of the molecule is Cc1nc(-c2cccc(NS(=O)(=O)c3cn(C)cn3)c2)cs1. The van der Waals surface area contributed by atoms with E-state index in [0.717, 1.165) is 16.3 Å². The molecule has 0 saturated heterocycles. The maximum atomic E-state index is 12.3. The van der Waals surface area contributed by atoms with Gasteiger partial charge in [0.1, 0.15) is 0 Å². The number of imidazole rings is 1. The average molecular weight is 334 g/mol. The van der Waals surface area contributed by atoms with Crippen LogP contribution in [0.25, 0.3) is 11.3 Å². The van der Waals surface area contributed by atoms with Crippen molar-refractivity contribution in [1.29, 1.82) is 0 Å². The maximum Gasteiger partial charge on any atom is 0.280 e. The molecule has 22 heavy (non-hydrogen) atoms. The van der Waals surface area contributed by atoms with Crippen molar-refractivity contribution in [3.63, 3.8) is 0 Å². The minimum Gasteiger partial charge on any atom is -0.339 e. The second kappa shape index (κ2) is 5.54. The van der Waals surface area contributed by atoms with Gasteiger partial charge in [-0.05, 0) is 19.1 Å². The average Bonchev–Trinajstić information content (AvgIpc) is 3.08. The molecular formula is C14H14N4O2S2. The molecule has 6 nitrogen and oxygen atoms in total. The summed E-state index contributed by atoms with van der Waals surface area (Å²) in [5.41, 5.74) is 2.18. The zero-order valence-corrected chi connectivity index (χ0v) is 13.6. The Hall–Kier alpha value is -2.19. The number of aromatic nitrogens is 3. The van der Waals surface area contributed by atoms with Crippen LogP contribution in [0.1, 0.15) is 5.01 Å². The summed E-state index contributed by atoms with van der Waals surface area (Å²) in [5, 5.41) is 2.90. The third-order valence-electron chi connectivity index (χ3n) is 2.99. The highest BCUT2D eigenvalue weighted by molar-refractivity contribution is 7.92. The number of nitrogens with zero attached hydrogens (tertiary/aromatic N) is 3. The molecule has 0 fully saturated rings. The molecule has 0 saturated carbocycles. The van der Waals surface area contributed by atoms with Crippen LogP contribution in [0.5, 0.6) is 0 Å². The molecule has 114 valence electrons. The van der Waals surface area contributed by atoms with Crippen molar-refractivity contribution in [2.75, 3.05) is 4.72 Å². The van der Waals surface area contributed by atoms with E-state index in [-0.39, 0.29) is 5.03 Å². The van der Waals surface area contributed by atoms with Gasteiger partial charge in [-0.15, -0.1) is 11.3 Å². The minimum atomic E-state index is -3.69. The number of nitrogens with one attached hydrogen (secondary N) is 1. The van der Waals surface area contributed by atoms with Crippen LogP contribution < -0.4 is 4.72 Å². The van der Waals surface area contributed by atoms with Gasteiger partial charge in [0, 0.05) is 29.9 Å². The molecule has 2 aromatic heterocycles. The summed E-state index contributed by atoms with van der Waals surface area (Å²) in [6.07, 6.45) is 2.90. The highest BCUT2D eigenvalue weighted by Crippen LogP contribution is 2.25. The zero-order chi connectivity index (χ0) is 15.7. The van der Waals surface area contributed by atoms with Gasteiger partial charge in [-0.2, -0.15) is 8.42 Å². The molecule has 1 aromatic carbocycles. The van der Waals surface area contributed by atoms with Gasteiger partial charge in [0.05, 0.1) is 17.0 Å². The minimum absolute atomic E-state index is 0.00935. The van der Waals surface area contributed by atoms with Crippen molar-refractivity contribution >= 4 is 27.0 Å². The van der Waals surface area contributed by atoms with Gasteiger partial charge in [-0.1, -0.05) is 12.1 Å². The Morgan fingerprint density at radius 3 is 2.77 bits per heavy atom. The molecule has 0 radical (unpaired) electrons. The lowest BCUT2D eigenvalue weighted by atomic mass is 10.1. The van der Waals surface area contributed by atoms with Crippen LogP contribution in [0, 0.1) is 6.92 Å². The van der Waals surface area contributed by atoms with Crippen molar-refractivity contribution in [2.24, 2.45) is 7.05 Å². The number of rotatable bonds is 4. The second-order valence-electron chi connectivity index (χ2n) is 4.82. The molecule has 3 aromatic rings. The lowest BCUT2D eigenvalue weighted by molar-refractivity contribution is 0.598. The Morgan fingerprint density at radius 1 is 1.32 bits per heavy atom. The van der Waals surface area contributed by atoms with Crippen LogP contribution in [-0.2, 0) is 17.1 Å². The third kappa shape index (κ3) is 3.02. The quantitative estimate of drug-likeness (QED) is 0.796. The van der Waals surface area contributed by atoms with Crippen molar-refractivity contribution in [1.82, 2.24) is 14.5 Å². The van der Waals surface area contributed by atoms with E-state index in [9.17, 15) is 8.42 Å². The summed E-state index contributed by atoms with van der Waals surface area (Å²) in [7, 11) is -1.97. The van der Waals surface area contributed by atoms with E-state index in [2.05, 4.69) is 14.7 Å². The standard InChI is InChI=1S/C14H14N4O2S2/c1-10-16-13(8-21-10)11-4-3-5-12(6-11)17-22(19,20)14-7-18(2)9-15-14/h3-9,17H,1-2H3. The third-order valence-corrected chi connectivity index (χ3v) is 5.03. The number of benzene rings is 1. The van der Waals surface area contributed by atoms with E-state index >= 15 is 0 Å². The van der Waals surface area contributed by atoms with Gasteiger partial charge in [0.2, 0.25) is 0 Å². The molecule has 0 unspecified atom stereocenters. The van der Waals surface area contributed by atoms with Crippen LogP contribution in [0.4, 0.5) is 5.69 Å². The highest BCUT2D eigenvalue weighted by Gasteiger charge is 2.17. The largest absolute Gasteiger partial charge is 0.339 e. The second-order valence-corrected chi connectivity index (χ2v) is 7.51. The normalized spacial score (nSPS) is 11.5. The molecular weight excluding hydrogens is 320 g/mol. The van der Waals surface area contributed by atoms with Crippen molar-refractivity contribution < 1.29 is 8.42 Å². The molecule has 1 N–H and O–H groups in total. The number of thiazole rings is 1. The van der Waals surface area contributed by atoms with E-state index in [1.807, 2.05) is 18.4 Å². The van der Waals surface area contributed by atoms with E-state index in [4.69, 9.17) is 0 Å². The molecule has 0 atom stereocenters. The molecule has 0 aliphatic carbocycles. The van der Waals surface area contributed by atoms with Gasteiger partial charge < -0.3 is 4.57 Å². The van der Waals surface area contributed by atoms with Gasteiger partial charge in [0.25, 0.3) is 10.0 Å². The number of hydrogen-bond acceptors (Lipinski definition) is 5. The molecule has 0 bridgehead atoms. The fourth-order valence-electron chi connectivity index (χ4n) is 1.97. The van der Waals surface area contributed by atoms with Crippen LogP contribution in [0.2, 0.25) is 0 Å². The summed E-state index contributed by atoms with van der Waals surface area (Å²) in [6.45, 7) is 1.93. The Labute approximate surface area is 132 Å². The van der Waals surface area contributed by atoms with Crippen LogP contribution in [0.15, 0.2) is 47.2 Å². The van der Waals surface area contributed by atoms with E-state index in [1.165, 1.54) is 12.5 Å². The first-order chi connectivity index (χ1) is 10.4. The van der Waals surface area contributed by atoms with Crippen LogP contribution >= 0.6 is 11.3 Å². The van der Waals surface area contributed by atoms with E-state index < -0.39 is 10.0 Å². The summed E-state index contributed by atoms with van der Waals surface area (Å²) in [4.78, 5) is 8.27. The van der Waals surface area contributed by atoms with Gasteiger partial charge in [0.15, 0.2) is 5.03 Å². The number of anilines is 1. The maximum absolute atomic E-state index is 12.3. The molecule has 3 rings (SSSR count). The molecule has 0 aliphatic heterocycles. The van der Waals surface area contributed by atoms with Crippen molar-refractivity contribution in [3.8, 4) is 11.3 Å². The topological polar surface area (TPSA) is 76.9 Å². The van der Waals surface area contributed by atoms with Gasteiger partial charge in [-0.3, -0.25) is 4.72 Å². The number of hydrogen-bond donors (Lipinski definition) is 1. The fraction of sp³-hybridized carbons (Fsp3) is 0.143. The Balaban J connectivity index is 1.90. The molecule has 0 amide bonds. The summed E-state index contributed by atoms with van der Waals surface area (Å²) >= 11 is 1.56. The highest BCUT2D eigenvalue weighted by atomic mass is 32.2. The number of sulfonamides is 1. The smallest absolute Gasteiger partial charge is 0.280 e. The predicted molar refractivity (Wildman–Crippen MR) is 86.3 cm³/mol. The first-order valence-electron chi connectivity index (χ1n) is 6.47. The Kier molecular flexibility index (Phi) is 3.71. The molecule has 0 spiro atoms. The first-order valence-corrected chi connectivity index (χ1v) is 8.84. The number of aryl methyl sites for hydroxylation is 2. The lowest BCUT2D eigenvalue weighted by Gasteiger charge is -2.07. The Morgan fingerprint density at radius 2 is 2.14 bits per heavy atom. The molecule has 8 heteroatoms. The lowest BCUT2D eigenvalue weighted by Crippen LogP contribution is -2.13. The van der Waals surface area contributed by atoms with Gasteiger partial charge in [-0.25, -0.2) is 9.97 Å².